The van der Waals surface area contributed by atoms with Gasteiger partial charge in [-0.2, -0.15) is 0 Å². The number of amides is 1. The second-order valence-electron chi connectivity index (χ2n) is 7.51. The maximum atomic E-state index is 11.3. The molecule has 0 spiro atoms. The van der Waals surface area contributed by atoms with E-state index < -0.39 is 24.6 Å². The lowest BCUT2D eigenvalue weighted by molar-refractivity contribution is -0.282. The number of hydrogen-bond donors (Lipinski definition) is 4. The minimum atomic E-state index is -1.11. The summed E-state index contributed by atoms with van der Waals surface area (Å²) in [6.07, 6.45) is -0.817. The average molecular weight is 394 g/mol. The Hall–Kier alpha value is -0.770. The topological polar surface area (TPSA) is 117 Å². The molecule has 1 amide bonds. The van der Waals surface area contributed by atoms with Crippen molar-refractivity contribution in [2.24, 2.45) is 11.8 Å². The third kappa shape index (κ3) is 11.6. The van der Waals surface area contributed by atoms with Gasteiger partial charge in [0.15, 0.2) is 6.29 Å². The Labute approximate surface area is 163 Å². The van der Waals surface area contributed by atoms with Crippen LogP contribution in [0.25, 0.3) is 0 Å². The van der Waals surface area contributed by atoms with Crippen LogP contribution < -0.4 is 5.32 Å². The van der Waals surface area contributed by atoms with Crippen LogP contribution in [0, 0.1) is 11.8 Å². The van der Waals surface area contributed by atoms with E-state index in [0.29, 0.717) is 13.0 Å². The first kappa shape index (κ1) is 26.2. The van der Waals surface area contributed by atoms with Crippen molar-refractivity contribution >= 4 is 5.91 Å². The molecule has 1 aliphatic heterocycles. The van der Waals surface area contributed by atoms with Crippen LogP contribution in [0.2, 0.25) is 0 Å². The standard InChI is InChI=1S/C15H29NO7.C4H10/c1-10-13(19)14(20)11(8-17)23-15(10)22-7-5-3-4-6-12(18)16-9-21-2;1-4(2)3/h10-11,13-15,17,19-20H,3-9H2,1-2H3,(H,16,18);4H,1-3H3/t10-,11?,13+,14-,15?;/m0./s1. The summed E-state index contributed by atoms with van der Waals surface area (Å²) in [6.45, 7) is 8.50. The first-order valence-corrected chi connectivity index (χ1v) is 9.74. The Morgan fingerprint density at radius 2 is 1.78 bits per heavy atom. The number of hydrogen-bond acceptors (Lipinski definition) is 7. The van der Waals surface area contributed by atoms with Gasteiger partial charge in [-0.15, -0.1) is 0 Å². The van der Waals surface area contributed by atoms with Crippen molar-refractivity contribution in [2.75, 3.05) is 27.1 Å². The van der Waals surface area contributed by atoms with Crippen molar-refractivity contribution in [2.45, 2.75) is 78.0 Å². The Bertz CT molecular complexity index is 376. The normalized spacial score (nSPS) is 27.8. The summed E-state index contributed by atoms with van der Waals surface area (Å²) in [7, 11) is 1.52. The van der Waals surface area contributed by atoms with Crippen molar-refractivity contribution in [1.82, 2.24) is 5.32 Å². The predicted molar refractivity (Wildman–Crippen MR) is 102 cm³/mol. The van der Waals surface area contributed by atoms with Crippen molar-refractivity contribution in [3.05, 3.63) is 0 Å². The first-order valence-electron chi connectivity index (χ1n) is 9.74. The maximum absolute atomic E-state index is 11.3. The highest BCUT2D eigenvalue weighted by Gasteiger charge is 2.42. The number of methoxy groups -OCH3 is 1. The molecule has 4 N–H and O–H groups in total. The highest BCUT2D eigenvalue weighted by atomic mass is 16.7. The molecule has 162 valence electrons. The Balaban J connectivity index is 0.00000153. The molecule has 0 aromatic heterocycles. The van der Waals surface area contributed by atoms with Gasteiger partial charge in [-0.25, -0.2) is 0 Å². The van der Waals surface area contributed by atoms with Crippen LogP contribution in [0.15, 0.2) is 0 Å². The SMILES string of the molecule is CC(C)C.COCNC(=O)CCCCCOC1OC(CO)[C@H](O)[C@H](O)[C@@H]1C. The molecule has 0 radical (unpaired) electrons. The molecule has 0 aliphatic carbocycles. The zero-order chi connectivity index (χ0) is 20.8. The third-order valence-electron chi connectivity index (χ3n) is 3.93. The summed E-state index contributed by atoms with van der Waals surface area (Å²) in [4.78, 5) is 11.3. The fourth-order valence-corrected chi connectivity index (χ4v) is 2.42. The van der Waals surface area contributed by atoms with Gasteiger partial charge in [-0.3, -0.25) is 4.79 Å². The van der Waals surface area contributed by atoms with Crippen LogP contribution in [0.3, 0.4) is 0 Å². The van der Waals surface area contributed by atoms with Gasteiger partial charge in [0.2, 0.25) is 5.91 Å². The van der Waals surface area contributed by atoms with E-state index in [0.717, 1.165) is 25.2 Å². The molecule has 8 nitrogen and oxygen atoms in total. The predicted octanol–water partition coefficient (Wildman–Crippen LogP) is 1.02. The summed E-state index contributed by atoms with van der Waals surface area (Å²) in [5.74, 6) is 0.410. The average Bonchev–Trinajstić information content (AvgIpc) is 2.62. The number of carbonyl (C=O) groups excluding carboxylic acids is 1. The van der Waals surface area contributed by atoms with Crippen LogP contribution in [-0.4, -0.2) is 72.9 Å². The first-order chi connectivity index (χ1) is 12.7. The van der Waals surface area contributed by atoms with Crippen LogP contribution in [0.5, 0.6) is 0 Å². The fourth-order valence-electron chi connectivity index (χ4n) is 2.42. The monoisotopic (exact) mass is 393 g/mol. The van der Waals surface area contributed by atoms with E-state index in [1.54, 1.807) is 6.92 Å². The summed E-state index contributed by atoms with van der Waals surface area (Å²) < 4.78 is 15.8. The quantitative estimate of drug-likeness (QED) is 0.323. The molecule has 2 unspecified atom stereocenters. The van der Waals surface area contributed by atoms with Crippen molar-refractivity contribution in [1.29, 1.82) is 0 Å². The molecule has 8 heteroatoms. The van der Waals surface area contributed by atoms with Crippen molar-refractivity contribution in [3.63, 3.8) is 0 Å². The van der Waals surface area contributed by atoms with E-state index in [1.807, 2.05) is 0 Å². The largest absolute Gasteiger partial charge is 0.394 e. The molecule has 0 aromatic carbocycles. The zero-order valence-corrected chi connectivity index (χ0v) is 17.4. The van der Waals surface area contributed by atoms with Crippen LogP contribution >= 0.6 is 0 Å². The summed E-state index contributed by atoms with van der Waals surface area (Å²) >= 11 is 0. The van der Waals surface area contributed by atoms with E-state index in [1.165, 1.54) is 7.11 Å². The number of aliphatic hydroxyl groups excluding tert-OH is 3. The molecule has 1 fully saturated rings. The number of rotatable bonds is 10. The number of nitrogens with one attached hydrogen (secondary N) is 1. The lowest BCUT2D eigenvalue weighted by Gasteiger charge is -2.40. The van der Waals surface area contributed by atoms with Gasteiger partial charge in [0.25, 0.3) is 0 Å². The van der Waals surface area contributed by atoms with Crippen molar-refractivity contribution < 1.29 is 34.3 Å². The van der Waals surface area contributed by atoms with E-state index in [-0.39, 0.29) is 25.2 Å². The molecule has 5 atom stereocenters. The minimum Gasteiger partial charge on any atom is -0.394 e. The maximum Gasteiger partial charge on any atom is 0.221 e. The Morgan fingerprint density at radius 3 is 2.33 bits per heavy atom. The number of aliphatic hydroxyl groups is 3. The fraction of sp³-hybridized carbons (Fsp3) is 0.947. The zero-order valence-electron chi connectivity index (χ0n) is 17.4. The van der Waals surface area contributed by atoms with Crippen LogP contribution in [0.1, 0.15) is 53.4 Å². The van der Waals surface area contributed by atoms with Gasteiger partial charge in [-0.05, 0) is 18.8 Å². The Kier molecular flexibility index (Phi) is 14.8. The molecular weight excluding hydrogens is 354 g/mol. The molecule has 1 heterocycles. The van der Waals surface area contributed by atoms with E-state index >= 15 is 0 Å². The molecule has 0 aromatic rings. The summed E-state index contributed by atoms with van der Waals surface area (Å²) in [5, 5.41) is 31.4. The minimum absolute atomic E-state index is 0.0418. The number of unbranched alkanes of at least 4 members (excludes halogenated alkanes) is 2. The smallest absolute Gasteiger partial charge is 0.221 e. The molecule has 0 bridgehead atoms. The van der Waals surface area contributed by atoms with E-state index in [4.69, 9.17) is 19.3 Å². The van der Waals surface area contributed by atoms with E-state index in [9.17, 15) is 15.0 Å². The summed E-state index contributed by atoms with van der Waals surface area (Å²) in [5.41, 5.74) is 0. The summed E-state index contributed by atoms with van der Waals surface area (Å²) in [6, 6.07) is 0. The second-order valence-corrected chi connectivity index (χ2v) is 7.51. The van der Waals surface area contributed by atoms with Crippen LogP contribution in [-0.2, 0) is 19.0 Å². The van der Waals surface area contributed by atoms with Gasteiger partial charge in [0.1, 0.15) is 18.9 Å². The molecule has 0 saturated carbocycles. The van der Waals surface area contributed by atoms with Gasteiger partial charge in [0, 0.05) is 26.1 Å². The molecule has 1 saturated heterocycles. The molecule has 27 heavy (non-hydrogen) atoms. The molecule has 1 rings (SSSR count). The van der Waals surface area contributed by atoms with E-state index in [2.05, 4.69) is 26.1 Å². The second kappa shape index (κ2) is 15.2. The Morgan fingerprint density at radius 1 is 1.15 bits per heavy atom. The van der Waals surface area contributed by atoms with Gasteiger partial charge in [0.05, 0.1) is 12.7 Å². The lowest BCUT2D eigenvalue weighted by atomic mass is 9.92. The molecule has 1 aliphatic rings. The number of ether oxygens (including phenoxy) is 3. The third-order valence-corrected chi connectivity index (χ3v) is 3.93. The van der Waals surface area contributed by atoms with Gasteiger partial charge < -0.3 is 34.8 Å². The van der Waals surface area contributed by atoms with Crippen molar-refractivity contribution in [3.8, 4) is 0 Å². The lowest BCUT2D eigenvalue weighted by Crippen LogP contribution is -2.55. The highest BCUT2D eigenvalue weighted by Crippen LogP contribution is 2.26. The highest BCUT2D eigenvalue weighted by molar-refractivity contribution is 5.75. The van der Waals surface area contributed by atoms with Gasteiger partial charge >= 0.3 is 0 Å². The molecular formula is C19H39NO7. The number of carbonyl (C=O) groups is 1. The van der Waals surface area contributed by atoms with Gasteiger partial charge in [-0.1, -0.05) is 34.1 Å². The van der Waals surface area contributed by atoms with Crippen LogP contribution in [0.4, 0.5) is 0 Å².